The van der Waals surface area contributed by atoms with Crippen molar-refractivity contribution in [3.63, 3.8) is 0 Å². The maximum Gasteiger partial charge on any atom is 0.255 e. The van der Waals surface area contributed by atoms with Gasteiger partial charge >= 0.3 is 0 Å². The number of carbonyl (C=O) groups is 4. The molecule has 0 radical (unpaired) electrons. The SMILES string of the molecule is Cc1occc1C(=O)NC(CC(C)(C)c1ccccc1)C(=O)N(C)C1C(=O)COC1C(N)=O. The van der Waals surface area contributed by atoms with Gasteiger partial charge in [0, 0.05) is 7.05 Å². The number of nitrogens with one attached hydrogen (secondary N) is 1. The van der Waals surface area contributed by atoms with Crippen LogP contribution in [0.5, 0.6) is 0 Å². The van der Waals surface area contributed by atoms with Crippen LogP contribution in [0.3, 0.4) is 0 Å². The summed E-state index contributed by atoms with van der Waals surface area (Å²) in [7, 11) is 1.41. The Hall–Kier alpha value is -3.46. The summed E-state index contributed by atoms with van der Waals surface area (Å²) in [4.78, 5) is 51.8. The number of likely N-dealkylation sites (N-methyl/N-ethyl adjacent to an activating group) is 1. The van der Waals surface area contributed by atoms with Crippen LogP contribution < -0.4 is 11.1 Å². The van der Waals surface area contributed by atoms with E-state index in [-0.39, 0.29) is 13.0 Å². The van der Waals surface area contributed by atoms with Crippen molar-refractivity contribution < 1.29 is 28.3 Å². The number of rotatable bonds is 8. The van der Waals surface area contributed by atoms with Crippen LogP contribution in [0.4, 0.5) is 0 Å². The number of ether oxygens (including phenoxy) is 1. The number of hydrogen-bond acceptors (Lipinski definition) is 6. The highest BCUT2D eigenvalue weighted by atomic mass is 16.5. The van der Waals surface area contributed by atoms with Gasteiger partial charge in [0.25, 0.3) is 5.91 Å². The molecule has 0 spiro atoms. The molecule has 0 bridgehead atoms. The molecular weight excluding hydrogens is 426 g/mol. The van der Waals surface area contributed by atoms with Gasteiger partial charge in [0.05, 0.1) is 11.8 Å². The zero-order valence-corrected chi connectivity index (χ0v) is 19.2. The van der Waals surface area contributed by atoms with E-state index in [0.717, 1.165) is 10.5 Å². The highest BCUT2D eigenvalue weighted by Gasteiger charge is 2.45. The smallest absolute Gasteiger partial charge is 0.255 e. The molecule has 9 heteroatoms. The van der Waals surface area contributed by atoms with Crippen molar-refractivity contribution in [2.45, 2.75) is 50.8 Å². The predicted molar refractivity (Wildman–Crippen MR) is 119 cm³/mol. The third-order valence-corrected chi connectivity index (χ3v) is 6.04. The van der Waals surface area contributed by atoms with Crippen LogP contribution in [0, 0.1) is 6.92 Å². The lowest BCUT2D eigenvalue weighted by Gasteiger charge is -2.34. The van der Waals surface area contributed by atoms with E-state index >= 15 is 0 Å². The molecule has 0 saturated carbocycles. The fourth-order valence-corrected chi connectivity index (χ4v) is 4.13. The van der Waals surface area contributed by atoms with Crippen LogP contribution in [0.15, 0.2) is 47.1 Å². The summed E-state index contributed by atoms with van der Waals surface area (Å²) in [6.07, 6.45) is 0.403. The normalized spacial score (nSPS) is 19.2. The van der Waals surface area contributed by atoms with Gasteiger partial charge in [-0.15, -0.1) is 0 Å². The van der Waals surface area contributed by atoms with E-state index in [1.165, 1.54) is 19.4 Å². The summed E-state index contributed by atoms with van der Waals surface area (Å²) < 4.78 is 10.4. The summed E-state index contributed by atoms with van der Waals surface area (Å²) in [5.74, 6) is -1.83. The van der Waals surface area contributed by atoms with Gasteiger partial charge in [0.2, 0.25) is 11.8 Å². The molecule has 33 heavy (non-hydrogen) atoms. The molecular formula is C24H29N3O6. The molecule has 1 aromatic heterocycles. The van der Waals surface area contributed by atoms with Crippen molar-refractivity contribution in [2.24, 2.45) is 5.73 Å². The van der Waals surface area contributed by atoms with Gasteiger partial charge in [-0.25, -0.2) is 0 Å². The number of nitrogens with two attached hydrogens (primary N) is 1. The Balaban J connectivity index is 1.90. The van der Waals surface area contributed by atoms with Crippen LogP contribution in [0.1, 0.15) is 41.9 Å². The molecule has 176 valence electrons. The molecule has 2 aromatic rings. The van der Waals surface area contributed by atoms with Crippen LogP contribution in [0.2, 0.25) is 0 Å². The number of amides is 3. The predicted octanol–water partition coefficient (Wildman–Crippen LogP) is 1.33. The van der Waals surface area contributed by atoms with Gasteiger partial charge in [-0.1, -0.05) is 44.2 Å². The van der Waals surface area contributed by atoms with Gasteiger partial charge < -0.3 is 25.1 Å². The molecule has 9 nitrogen and oxygen atoms in total. The standard InChI is InChI=1S/C24H29N3O6/c1-14-16(10-11-32-14)22(30)26-17(12-24(2,3)15-8-6-5-7-9-15)23(31)27(4)19-18(28)13-33-20(19)21(25)29/h5-11,17,19-20H,12-13H2,1-4H3,(H2,25,29)(H,26,30). The van der Waals surface area contributed by atoms with Crippen LogP contribution in [0.25, 0.3) is 0 Å². The average Bonchev–Trinajstić information content (AvgIpc) is 3.38. The van der Waals surface area contributed by atoms with Crippen molar-refractivity contribution in [3.05, 3.63) is 59.5 Å². The second-order valence-corrected chi connectivity index (χ2v) is 8.86. The average molecular weight is 456 g/mol. The zero-order valence-electron chi connectivity index (χ0n) is 19.2. The van der Waals surface area contributed by atoms with E-state index in [0.29, 0.717) is 11.3 Å². The van der Waals surface area contributed by atoms with E-state index in [9.17, 15) is 19.2 Å². The lowest BCUT2D eigenvalue weighted by Crippen LogP contribution is -2.57. The van der Waals surface area contributed by atoms with Crippen LogP contribution in [-0.4, -0.2) is 60.2 Å². The summed E-state index contributed by atoms with van der Waals surface area (Å²) >= 11 is 0. The minimum absolute atomic E-state index is 0.242. The first kappa shape index (κ1) is 24.2. The molecule has 0 aliphatic carbocycles. The largest absolute Gasteiger partial charge is 0.469 e. The van der Waals surface area contributed by atoms with Crippen molar-refractivity contribution in [1.82, 2.24) is 10.2 Å². The second kappa shape index (κ2) is 9.58. The van der Waals surface area contributed by atoms with Crippen LogP contribution >= 0.6 is 0 Å². The maximum absolute atomic E-state index is 13.6. The first-order valence-electron chi connectivity index (χ1n) is 10.6. The van der Waals surface area contributed by atoms with Gasteiger partial charge in [-0.05, 0) is 30.4 Å². The maximum atomic E-state index is 13.6. The summed E-state index contributed by atoms with van der Waals surface area (Å²) in [5, 5.41) is 2.79. The van der Waals surface area contributed by atoms with E-state index in [1.54, 1.807) is 6.92 Å². The molecule has 1 aromatic carbocycles. The molecule has 3 N–H and O–H groups in total. The number of primary amides is 1. The van der Waals surface area contributed by atoms with Crippen molar-refractivity contribution in [3.8, 4) is 0 Å². The van der Waals surface area contributed by atoms with E-state index in [1.807, 2.05) is 44.2 Å². The quantitative estimate of drug-likeness (QED) is 0.617. The summed E-state index contributed by atoms with van der Waals surface area (Å²) in [5.41, 5.74) is 6.16. The van der Waals surface area contributed by atoms with Gasteiger partial charge in [0.1, 0.15) is 24.5 Å². The molecule has 1 fully saturated rings. The Morgan fingerprint density at radius 1 is 1.21 bits per heavy atom. The van der Waals surface area contributed by atoms with Gasteiger partial charge in [-0.2, -0.15) is 0 Å². The Bertz CT molecular complexity index is 1050. The topological polar surface area (TPSA) is 132 Å². The number of nitrogens with zero attached hydrogens (tertiary/aromatic N) is 1. The molecule has 2 heterocycles. The molecule has 1 saturated heterocycles. The molecule has 3 rings (SSSR count). The van der Waals surface area contributed by atoms with Crippen molar-refractivity contribution in [2.75, 3.05) is 13.7 Å². The minimum Gasteiger partial charge on any atom is -0.469 e. The van der Waals surface area contributed by atoms with Crippen molar-refractivity contribution in [1.29, 1.82) is 0 Å². The first-order valence-corrected chi connectivity index (χ1v) is 10.6. The van der Waals surface area contributed by atoms with E-state index in [4.69, 9.17) is 14.9 Å². The highest BCUT2D eigenvalue weighted by Crippen LogP contribution is 2.29. The van der Waals surface area contributed by atoms with Crippen LogP contribution in [-0.2, 0) is 24.5 Å². The molecule has 1 aliphatic heterocycles. The van der Waals surface area contributed by atoms with E-state index in [2.05, 4.69) is 5.32 Å². The Labute approximate surface area is 192 Å². The van der Waals surface area contributed by atoms with Crippen molar-refractivity contribution >= 4 is 23.5 Å². The fraction of sp³-hybridized carbons (Fsp3) is 0.417. The number of ketones is 1. The first-order chi connectivity index (χ1) is 15.5. The number of carbonyl (C=O) groups excluding carboxylic acids is 4. The summed E-state index contributed by atoms with van der Waals surface area (Å²) in [6.45, 7) is 5.27. The van der Waals surface area contributed by atoms with Gasteiger partial charge in [0.15, 0.2) is 11.9 Å². The monoisotopic (exact) mass is 455 g/mol. The number of aryl methyl sites for hydroxylation is 1. The number of furan rings is 1. The molecule has 3 amide bonds. The number of Topliss-reactive ketones (excluding diaryl/α,β-unsaturated/α-hetero) is 1. The number of benzene rings is 1. The number of hydrogen-bond donors (Lipinski definition) is 2. The minimum atomic E-state index is -1.24. The third-order valence-electron chi connectivity index (χ3n) is 6.04. The van der Waals surface area contributed by atoms with Gasteiger partial charge in [-0.3, -0.25) is 19.2 Å². The highest BCUT2D eigenvalue weighted by molar-refractivity contribution is 6.01. The molecule has 1 aliphatic rings. The Morgan fingerprint density at radius 2 is 1.88 bits per heavy atom. The Kier molecular flexibility index (Phi) is 7.02. The lowest BCUT2D eigenvalue weighted by molar-refractivity contribution is -0.141. The summed E-state index contributed by atoms with van der Waals surface area (Å²) in [6, 6.07) is 8.98. The second-order valence-electron chi connectivity index (χ2n) is 8.86. The molecule has 3 atom stereocenters. The van der Waals surface area contributed by atoms with E-state index < -0.39 is 47.1 Å². The third kappa shape index (κ3) is 5.14. The molecule has 3 unspecified atom stereocenters. The lowest BCUT2D eigenvalue weighted by atomic mass is 9.78. The fourth-order valence-electron chi connectivity index (χ4n) is 4.13. The zero-order chi connectivity index (χ0) is 24.3. The Morgan fingerprint density at radius 3 is 2.45 bits per heavy atom.